The third-order valence-electron chi connectivity index (χ3n) is 3.51. The van der Waals surface area contributed by atoms with Gasteiger partial charge in [-0.1, -0.05) is 23.9 Å². The van der Waals surface area contributed by atoms with Gasteiger partial charge in [0.25, 0.3) is 5.56 Å². The van der Waals surface area contributed by atoms with Gasteiger partial charge in [-0.3, -0.25) is 9.59 Å². The van der Waals surface area contributed by atoms with Crippen LogP contribution in [0.2, 0.25) is 0 Å². The number of thiophene rings is 1. The van der Waals surface area contributed by atoms with Gasteiger partial charge < -0.3 is 10.3 Å². The summed E-state index contributed by atoms with van der Waals surface area (Å²) in [4.78, 5) is 31.0. The Morgan fingerprint density at radius 1 is 1.35 bits per heavy atom. The Hall–Kier alpha value is -2.12. The number of nitrogens with one attached hydrogen (secondary N) is 2. The highest BCUT2D eigenvalue weighted by Crippen LogP contribution is 2.20. The molecule has 23 heavy (non-hydrogen) atoms. The van der Waals surface area contributed by atoms with Gasteiger partial charge in [0.2, 0.25) is 5.91 Å². The summed E-state index contributed by atoms with van der Waals surface area (Å²) in [6.45, 7) is 3.98. The van der Waals surface area contributed by atoms with E-state index in [1.807, 2.05) is 37.4 Å². The van der Waals surface area contributed by atoms with Crippen LogP contribution >= 0.6 is 23.1 Å². The Morgan fingerprint density at radius 2 is 2.17 bits per heavy atom. The Bertz CT molecular complexity index is 930. The summed E-state index contributed by atoms with van der Waals surface area (Å²) in [6, 6.07) is 7.59. The summed E-state index contributed by atoms with van der Waals surface area (Å²) in [5.41, 5.74) is 3.49. The van der Waals surface area contributed by atoms with Crippen LogP contribution in [0.4, 0.5) is 5.69 Å². The molecule has 2 heterocycles. The Labute approximate surface area is 141 Å². The van der Waals surface area contributed by atoms with Crippen molar-refractivity contribution in [3.8, 4) is 0 Å². The average Bonchev–Trinajstić information content (AvgIpc) is 2.99. The highest BCUT2D eigenvalue weighted by Gasteiger charge is 2.09. The third-order valence-corrected chi connectivity index (χ3v) is 5.29. The fourth-order valence-electron chi connectivity index (χ4n) is 2.13. The molecule has 0 aliphatic rings. The lowest BCUT2D eigenvalue weighted by atomic mass is 10.1. The number of hydrogen-bond donors (Lipinski definition) is 2. The van der Waals surface area contributed by atoms with Crippen LogP contribution in [0, 0.1) is 13.8 Å². The molecule has 3 rings (SSSR count). The predicted octanol–water partition coefficient (Wildman–Crippen LogP) is 3.33. The van der Waals surface area contributed by atoms with Crippen molar-refractivity contribution in [2.45, 2.75) is 19.0 Å². The van der Waals surface area contributed by atoms with Crippen molar-refractivity contribution >= 4 is 44.9 Å². The lowest BCUT2D eigenvalue weighted by Gasteiger charge is -2.10. The number of rotatable bonds is 4. The van der Waals surface area contributed by atoms with Gasteiger partial charge in [-0.15, -0.1) is 11.3 Å². The number of nitrogens with zero attached hydrogens (tertiary/aromatic N) is 1. The minimum Gasteiger partial charge on any atom is -0.325 e. The molecular formula is C16H15N3O2S2. The molecule has 2 N–H and O–H groups in total. The van der Waals surface area contributed by atoms with E-state index in [1.165, 1.54) is 23.1 Å². The first-order valence-electron chi connectivity index (χ1n) is 7.01. The molecule has 3 aromatic rings. The lowest BCUT2D eigenvalue weighted by molar-refractivity contribution is -0.113. The molecule has 7 heteroatoms. The number of amides is 1. The van der Waals surface area contributed by atoms with Crippen molar-refractivity contribution in [3.63, 3.8) is 0 Å². The number of fused-ring (bicyclic) bond motifs is 1. The number of aromatic amines is 1. The van der Waals surface area contributed by atoms with Gasteiger partial charge in [0, 0.05) is 5.69 Å². The molecule has 118 valence electrons. The molecule has 2 aromatic heterocycles. The molecular weight excluding hydrogens is 330 g/mol. The number of benzene rings is 1. The minimum absolute atomic E-state index is 0.128. The van der Waals surface area contributed by atoms with E-state index in [1.54, 1.807) is 6.07 Å². The van der Waals surface area contributed by atoms with Crippen LogP contribution in [-0.4, -0.2) is 21.6 Å². The summed E-state index contributed by atoms with van der Waals surface area (Å²) in [6.07, 6.45) is 0. The molecule has 0 unspecified atom stereocenters. The maximum Gasteiger partial charge on any atom is 0.269 e. The van der Waals surface area contributed by atoms with Gasteiger partial charge in [-0.05, 0) is 42.5 Å². The molecule has 1 aromatic carbocycles. The van der Waals surface area contributed by atoms with Crippen LogP contribution in [-0.2, 0) is 4.79 Å². The van der Waals surface area contributed by atoms with Crippen LogP contribution in [0.25, 0.3) is 10.2 Å². The SMILES string of the molecule is Cc1cccc(NC(=O)CSc2nc3ccsc3c(=O)[nH]2)c1C. The van der Waals surface area contributed by atoms with Crippen molar-refractivity contribution in [3.05, 3.63) is 51.1 Å². The average molecular weight is 345 g/mol. The third kappa shape index (κ3) is 3.46. The summed E-state index contributed by atoms with van der Waals surface area (Å²) >= 11 is 2.57. The van der Waals surface area contributed by atoms with E-state index in [0.717, 1.165) is 16.8 Å². The fraction of sp³-hybridized carbons (Fsp3) is 0.188. The number of thioether (sulfide) groups is 1. The second kappa shape index (κ2) is 6.55. The Morgan fingerprint density at radius 3 is 3.00 bits per heavy atom. The number of H-pyrrole nitrogens is 1. The minimum atomic E-state index is -0.164. The maximum absolute atomic E-state index is 12.1. The molecule has 0 radical (unpaired) electrons. The molecule has 5 nitrogen and oxygen atoms in total. The summed E-state index contributed by atoms with van der Waals surface area (Å²) < 4.78 is 0.606. The van der Waals surface area contributed by atoms with Crippen LogP contribution in [0.3, 0.4) is 0 Å². The van der Waals surface area contributed by atoms with E-state index >= 15 is 0 Å². The Balaban J connectivity index is 1.68. The summed E-state index contributed by atoms with van der Waals surface area (Å²) in [5.74, 6) is 0.0585. The fourth-order valence-corrected chi connectivity index (χ4v) is 3.52. The zero-order valence-corrected chi connectivity index (χ0v) is 14.3. The molecule has 0 aliphatic carbocycles. The number of anilines is 1. The smallest absolute Gasteiger partial charge is 0.269 e. The Kier molecular flexibility index (Phi) is 4.49. The molecule has 0 saturated heterocycles. The highest BCUT2D eigenvalue weighted by molar-refractivity contribution is 7.99. The molecule has 0 fully saturated rings. The van der Waals surface area contributed by atoms with Gasteiger partial charge >= 0.3 is 0 Å². The number of aryl methyl sites for hydroxylation is 1. The van der Waals surface area contributed by atoms with Gasteiger partial charge in [0.15, 0.2) is 5.16 Å². The molecule has 0 spiro atoms. The monoisotopic (exact) mass is 345 g/mol. The highest BCUT2D eigenvalue weighted by atomic mass is 32.2. The standard InChI is InChI=1S/C16H15N3O2S2/c1-9-4-3-5-11(10(9)2)17-13(20)8-23-16-18-12-6-7-22-14(12)15(21)19-16/h3-7H,8H2,1-2H3,(H,17,20)(H,18,19,21). The van der Waals surface area contributed by atoms with Gasteiger partial charge in [-0.25, -0.2) is 4.98 Å². The van der Waals surface area contributed by atoms with Crippen LogP contribution in [0.5, 0.6) is 0 Å². The second-order valence-electron chi connectivity index (χ2n) is 5.09. The number of hydrogen-bond acceptors (Lipinski definition) is 5. The van der Waals surface area contributed by atoms with Crippen LogP contribution < -0.4 is 10.9 Å². The topological polar surface area (TPSA) is 74.8 Å². The van der Waals surface area contributed by atoms with E-state index in [0.29, 0.717) is 15.4 Å². The van der Waals surface area contributed by atoms with E-state index in [-0.39, 0.29) is 17.2 Å². The van der Waals surface area contributed by atoms with Gasteiger partial charge in [0.1, 0.15) is 4.70 Å². The first-order chi connectivity index (χ1) is 11.0. The second-order valence-corrected chi connectivity index (χ2v) is 6.97. The normalized spacial score (nSPS) is 10.9. The predicted molar refractivity (Wildman–Crippen MR) is 95.5 cm³/mol. The zero-order valence-electron chi connectivity index (χ0n) is 12.7. The molecule has 0 bridgehead atoms. The van der Waals surface area contributed by atoms with E-state index in [2.05, 4.69) is 15.3 Å². The molecule has 1 amide bonds. The van der Waals surface area contributed by atoms with Crippen LogP contribution in [0.1, 0.15) is 11.1 Å². The first-order valence-corrected chi connectivity index (χ1v) is 8.87. The number of carbonyl (C=O) groups is 1. The van der Waals surface area contributed by atoms with Crippen LogP contribution in [0.15, 0.2) is 39.6 Å². The number of carbonyl (C=O) groups excluding carboxylic acids is 1. The molecule has 0 atom stereocenters. The summed E-state index contributed by atoms with van der Waals surface area (Å²) in [5, 5.41) is 5.17. The van der Waals surface area contributed by atoms with Crippen molar-refractivity contribution < 1.29 is 4.79 Å². The summed E-state index contributed by atoms with van der Waals surface area (Å²) in [7, 11) is 0. The largest absolute Gasteiger partial charge is 0.325 e. The zero-order chi connectivity index (χ0) is 16.4. The van der Waals surface area contributed by atoms with Crippen molar-refractivity contribution in [2.24, 2.45) is 0 Å². The van der Waals surface area contributed by atoms with Crippen molar-refractivity contribution in [1.29, 1.82) is 0 Å². The lowest BCUT2D eigenvalue weighted by Crippen LogP contribution is -2.16. The van der Waals surface area contributed by atoms with Crippen molar-refractivity contribution in [2.75, 3.05) is 11.1 Å². The van der Waals surface area contributed by atoms with E-state index in [4.69, 9.17) is 0 Å². The maximum atomic E-state index is 12.1. The van der Waals surface area contributed by atoms with Gasteiger partial charge in [0.05, 0.1) is 11.3 Å². The van der Waals surface area contributed by atoms with Crippen molar-refractivity contribution in [1.82, 2.24) is 9.97 Å². The quantitative estimate of drug-likeness (QED) is 0.562. The molecule has 0 aliphatic heterocycles. The first kappa shape index (κ1) is 15.8. The van der Waals surface area contributed by atoms with E-state index in [9.17, 15) is 9.59 Å². The number of aromatic nitrogens is 2. The van der Waals surface area contributed by atoms with Gasteiger partial charge in [-0.2, -0.15) is 0 Å². The van der Waals surface area contributed by atoms with E-state index < -0.39 is 0 Å². The molecule has 0 saturated carbocycles.